The van der Waals surface area contributed by atoms with E-state index in [-0.39, 0.29) is 12.2 Å². The van der Waals surface area contributed by atoms with Crippen molar-refractivity contribution in [1.82, 2.24) is 14.9 Å². The van der Waals surface area contributed by atoms with Gasteiger partial charge in [-0.05, 0) is 61.5 Å². The Morgan fingerprint density at radius 1 is 0.976 bits per heavy atom. The maximum absolute atomic E-state index is 12.1. The van der Waals surface area contributed by atoms with E-state index in [2.05, 4.69) is 70.2 Å². The Kier molecular flexibility index (Phi) is 8.91. The van der Waals surface area contributed by atoms with Crippen LogP contribution in [-0.4, -0.2) is 53.9 Å². The molecule has 8 heteroatoms. The molecule has 0 atom stereocenters. The summed E-state index contributed by atoms with van der Waals surface area (Å²) in [5.74, 6) is 1.39. The number of carbonyl (C=O) groups excluding carboxylic acids is 1. The Hall–Kier alpha value is -4.69. The largest absolute Gasteiger partial charge is 0.483 e. The highest BCUT2D eigenvalue weighted by atomic mass is 16.5. The van der Waals surface area contributed by atoms with E-state index in [0.29, 0.717) is 24.1 Å². The molecule has 210 valence electrons. The van der Waals surface area contributed by atoms with Crippen molar-refractivity contribution < 1.29 is 9.53 Å². The number of rotatable bonds is 11. The Morgan fingerprint density at radius 3 is 2.44 bits per heavy atom. The lowest BCUT2D eigenvalue weighted by Gasteiger charge is -2.34. The van der Waals surface area contributed by atoms with Gasteiger partial charge in [-0.15, -0.1) is 0 Å². The van der Waals surface area contributed by atoms with E-state index in [1.165, 1.54) is 17.3 Å². The third-order valence-electron chi connectivity index (χ3n) is 7.12. The van der Waals surface area contributed by atoms with E-state index in [4.69, 9.17) is 9.72 Å². The fraction of sp³-hybridized carbons (Fsp3) is 0.242. The second-order valence-electron chi connectivity index (χ2n) is 10.3. The number of ketones is 1. The zero-order valence-corrected chi connectivity index (χ0v) is 23.6. The molecule has 0 amide bonds. The van der Waals surface area contributed by atoms with E-state index in [0.717, 1.165) is 48.7 Å². The predicted octanol–water partition coefficient (Wildman–Crippen LogP) is 5.90. The molecule has 0 aliphatic carbocycles. The molecule has 41 heavy (non-hydrogen) atoms. The van der Waals surface area contributed by atoms with Crippen molar-refractivity contribution in [3.05, 3.63) is 108 Å². The number of benzene rings is 3. The molecule has 5 rings (SSSR count). The second-order valence-corrected chi connectivity index (χ2v) is 10.3. The van der Waals surface area contributed by atoms with E-state index in [1.807, 2.05) is 48.5 Å². The van der Waals surface area contributed by atoms with Crippen molar-refractivity contribution in [3.8, 4) is 5.75 Å². The fourth-order valence-corrected chi connectivity index (χ4v) is 4.60. The lowest BCUT2D eigenvalue weighted by Crippen LogP contribution is -2.44. The Morgan fingerprint density at radius 2 is 1.71 bits per heavy atom. The van der Waals surface area contributed by atoms with Crippen LogP contribution in [0.3, 0.4) is 0 Å². The highest BCUT2D eigenvalue weighted by molar-refractivity contribution is 5.92. The smallest absolute Gasteiger partial charge is 0.229 e. The van der Waals surface area contributed by atoms with Crippen molar-refractivity contribution in [1.29, 1.82) is 0 Å². The zero-order valence-electron chi connectivity index (χ0n) is 23.6. The summed E-state index contributed by atoms with van der Waals surface area (Å²) in [6, 6.07) is 24.2. The van der Waals surface area contributed by atoms with Crippen LogP contribution in [0.25, 0.3) is 0 Å². The lowest BCUT2D eigenvalue weighted by molar-refractivity contribution is -0.114. The summed E-state index contributed by atoms with van der Waals surface area (Å²) in [6.07, 6.45) is 3.25. The maximum Gasteiger partial charge on any atom is 0.229 e. The average Bonchev–Trinajstić information content (AvgIpc) is 2.99. The van der Waals surface area contributed by atoms with Gasteiger partial charge in [0.25, 0.3) is 0 Å². The number of piperazine rings is 1. The quantitative estimate of drug-likeness (QED) is 0.224. The SMILES string of the molecule is C=CC(=O)Cc1ccccc1Nc1nc(Nc2ccc(N3CCN(C)CC3)cc2)ncc1OCc1ccc(C)cc1. The lowest BCUT2D eigenvalue weighted by atomic mass is 10.1. The maximum atomic E-state index is 12.1. The number of hydrogen-bond donors (Lipinski definition) is 2. The highest BCUT2D eigenvalue weighted by Gasteiger charge is 2.15. The number of ether oxygens (including phenoxy) is 1. The predicted molar refractivity (Wildman–Crippen MR) is 166 cm³/mol. The Labute approximate surface area is 241 Å². The summed E-state index contributed by atoms with van der Waals surface area (Å²) < 4.78 is 6.17. The van der Waals surface area contributed by atoms with Crippen LogP contribution in [0.15, 0.2) is 91.6 Å². The van der Waals surface area contributed by atoms with Crippen molar-refractivity contribution >= 4 is 34.6 Å². The van der Waals surface area contributed by atoms with E-state index in [9.17, 15) is 4.79 Å². The van der Waals surface area contributed by atoms with Crippen LogP contribution < -0.4 is 20.3 Å². The topological polar surface area (TPSA) is 82.6 Å². The molecule has 0 unspecified atom stereocenters. The number of allylic oxidation sites excluding steroid dienone is 1. The summed E-state index contributed by atoms with van der Waals surface area (Å²) >= 11 is 0. The molecular weight excluding hydrogens is 512 g/mol. The first kappa shape index (κ1) is 27.9. The number of likely N-dealkylation sites (N-methyl/N-ethyl adjacent to an activating group) is 1. The van der Waals surface area contributed by atoms with E-state index >= 15 is 0 Å². The summed E-state index contributed by atoms with van der Waals surface area (Å²) in [7, 11) is 2.16. The Balaban J connectivity index is 1.37. The molecule has 0 bridgehead atoms. The number of aromatic nitrogens is 2. The van der Waals surface area contributed by atoms with Crippen LogP contribution in [0.2, 0.25) is 0 Å². The van der Waals surface area contributed by atoms with Crippen molar-refractivity contribution in [3.63, 3.8) is 0 Å². The van der Waals surface area contributed by atoms with Crippen molar-refractivity contribution in [2.75, 3.05) is 48.8 Å². The number of para-hydroxylation sites is 1. The monoisotopic (exact) mass is 548 g/mol. The molecule has 1 aliphatic heterocycles. The molecule has 1 aromatic heterocycles. The molecule has 0 radical (unpaired) electrons. The van der Waals surface area contributed by atoms with Crippen molar-refractivity contribution in [2.45, 2.75) is 20.0 Å². The van der Waals surface area contributed by atoms with Gasteiger partial charge < -0.3 is 25.2 Å². The minimum Gasteiger partial charge on any atom is -0.483 e. The summed E-state index contributed by atoms with van der Waals surface area (Å²) in [5, 5.41) is 6.70. The van der Waals surface area contributed by atoms with Gasteiger partial charge >= 0.3 is 0 Å². The molecule has 1 saturated heterocycles. The number of carbonyl (C=O) groups is 1. The van der Waals surface area contributed by atoms with Crippen LogP contribution in [0.1, 0.15) is 16.7 Å². The fourth-order valence-electron chi connectivity index (χ4n) is 4.60. The summed E-state index contributed by atoms with van der Waals surface area (Å²) in [5.41, 5.74) is 5.94. The normalized spacial score (nSPS) is 13.5. The molecule has 4 aromatic rings. The first-order valence-corrected chi connectivity index (χ1v) is 13.8. The highest BCUT2D eigenvalue weighted by Crippen LogP contribution is 2.30. The number of aryl methyl sites for hydroxylation is 1. The third-order valence-corrected chi connectivity index (χ3v) is 7.12. The molecule has 8 nitrogen and oxygen atoms in total. The number of hydrogen-bond acceptors (Lipinski definition) is 8. The number of anilines is 5. The van der Waals surface area contributed by atoms with Crippen molar-refractivity contribution in [2.24, 2.45) is 0 Å². The average molecular weight is 549 g/mol. The first-order valence-electron chi connectivity index (χ1n) is 13.8. The van der Waals surface area contributed by atoms with Gasteiger partial charge in [-0.25, -0.2) is 4.98 Å². The van der Waals surface area contributed by atoms with Crippen LogP contribution in [-0.2, 0) is 17.8 Å². The minimum absolute atomic E-state index is 0.0554. The van der Waals surface area contributed by atoms with Gasteiger partial charge in [0.1, 0.15) is 6.61 Å². The molecule has 3 aromatic carbocycles. The molecule has 2 heterocycles. The van der Waals surface area contributed by atoms with Crippen LogP contribution >= 0.6 is 0 Å². The van der Waals surface area contributed by atoms with Gasteiger partial charge in [-0.1, -0.05) is 54.6 Å². The molecular formula is C33H36N6O2. The molecule has 0 spiro atoms. The number of nitrogens with zero attached hydrogens (tertiary/aromatic N) is 4. The molecule has 1 aliphatic rings. The van der Waals surface area contributed by atoms with Gasteiger partial charge in [0.2, 0.25) is 5.95 Å². The summed E-state index contributed by atoms with van der Waals surface area (Å²) in [4.78, 5) is 26.2. The first-order chi connectivity index (χ1) is 20.0. The van der Waals surface area contributed by atoms with Crippen LogP contribution in [0.4, 0.5) is 28.8 Å². The number of nitrogens with one attached hydrogen (secondary N) is 2. The van der Waals surface area contributed by atoms with Gasteiger partial charge in [0.05, 0.1) is 6.20 Å². The van der Waals surface area contributed by atoms with Crippen LogP contribution in [0.5, 0.6) is 5.75 Å². The van der Waals surface area contributed by atoms with Gasteiger partial charge in [-0.3, -0.25) is 4.79 Å². The van der Waals surface area contributed by atoms with Gasteiger partial charge in [0, 0.05) is 49.7 Å². The Bertz CT molecular complexity index is 1480. The molecule has 2 N–H and O–H groups in total. The third kappa shape index (κ3) is 7.49. The standard InChI is InChI=1S/C33H36N6O2/c1-4-29(40)21-26-7-5-6-8-30(26)36-32-31(41-23-25-11-9-24(2)10-12-25)22-34-33(37-32)35-27-13-15-28(16-14-27)39-19-17-38(3)18-20-39/h4-16,22H,1,17-21,23H2,2-3H3,(H2,34,35,36,37). The molecule has 1 fully saturated rings. The van der Waals surface area contributed by atoms with Gasteiger partial charge in [0.15, 0.2) is 17.4 Å². The zero-order chi connectivity index (χ0) is 28.6. The van der Waals surface area contributed by atoms with E-state index < -0.39 is 0 Å². The van der Waals surface area contributed by atoms with E-state index in [1.54, 1.807) is 6.20 Å². The minimum atomic E-state index is -0.0554. The van der Waals surface area contributed by atoms with Crippen LogP contribution in [0, 0.1) is 6.92 Å². The summed E-state index contributed by atoms with van der Waals surface area (Å²) in [6.45, 7) is 10.2. The second kappa shape index (κ2) is 13.1. The molecule has 0 saturated carbocycles. The van der Waals surface area contributed by atoms with Gasteiger partial charge in [-0.2, -0.15) is 4.98 Å².